The normalized spacial score (nSPS) is 11.6. The van der Waals surface area contributed by atoms with E-state index in [0.29, 0.717) is 16.3 Å². The number of rotatable bonds is 6. The molecular weight excluding hydrogens is 322 g/mol. The van der Waals surface area contributed by atoms with Crippen LogP contribution >= 0.6 is 11.6 Å². The molecule has 0 heterocycles. The second kappa shape index (κ2) is 7.13. The molecule has 4 nitrogen and oxygen atoms in total. The number of methoxy groups -OCH3 is 1. The quantitative estimate of drug-likeness (QED) is 0.811. The van der Waals surface area contributed by atoms with Crippen molar-refractivity contribution in [2.75, 3.05) is 14.2 Å². The maximum Gasteiger partial charge on any atom is 0.218 e. The summed E-state index contributed by atoms with van der Waals surface area (Å²) < 4.78 is 31.5. The molecule has 0 unspecified atom stereocenters. The molecule has 0 radical (unpaired) electrons. The van der Waals surface area contributed by atoms with Crippen molar-refractivity contribution in [3.63, 3.8) is 0 Å². The van der Waals surface area contributed by atoms with Crippen molar-refractivity contribution in [2.24, 2.45) is 0 Å². The maximum absolute atomic E-state index is 12.5. The number of ether oxygens (including phenoxy) is 1. The number of halogens is 1. The van der Waals surface area contributed by atoms with E-state index in [1.165, 1.54) is 4.31 Å². The van der Waals surface area contributed by atoms with E-state index in [1.807, 2.05) is 24.3 Å². The lowest BCUT2D eigenvalue weighted by Gasteiger charge is -2.19. The number of sulfonamides is 1. The minimum Gasteiger partial charge on any atom is -0.496 e. The molecule has 22 heavy (non-hydrogen) atoms. The number of para-hydroxylation sites is 1. The Bertz CT molecular complexity index is 747. The van der Waals surface area contributed by atoms with Gasteiger partial charge in [0.15, 0.2) is 0 Å². The van der Waals surface area contributed by atoms with Crippen molar-refractivity contribution in [3.8, 4) is 5.75 Å². The molecule has 2 rings (SSSR count). The Hall–Kier alpha value is -1.56. The standard InChI is InChI=1S/C16H18ClNO3S/c1-18(11-13-7-4-6-10-16(13)21-2)22(19,20)12-14-8-3-5-9-15(14)17/h3-10H,11-12H2,1-2H3. The van der Waals surface area contributed by atoms with E-state index in [0.717, 1.165) is 5.56 Å². The van der Waals surface area contributed by atoms with Crippen LogP contribution in [0.3, 0.4) is 0 Å². The number of hydrogen-bond acceptors (Lipinski definition) is 3. The van der Waals surface area contributed by atoms with Gasteiger partial charge in [-0.15, -0.1) is 0 Å². The summed E-state index contributed by atoms with van der Waals surface area (Å²) in [5.41, 5.74) is 1.41. The summed E-state index contributed by atoms with van der Waals surface area (Å²) in [6, 6.07) is 14.3. The Morgan fingerprint density at radius 2 is 1.64 bits per heavy atom. The van der Waals surface area contributed by atoms with Crippen molar-refractivity contribution in [3.05, 3.63) is 64.7 Å². The van der Waals surface area contributed by atoms with Gasteiger partial charge < -0.3 is 4.74 Å². The predicted octanol–water partition coefficient (Wildman–Crippen LogP) is 3.31. The lowest BCUT2D eigenvalue weighted by molar-refractivity contribution is 0.398. The third-order valence-electron chi connectivity index (χ3n) is 3.36. The molecule has 2 aromatic rings. The van der Waals surface area contributed by atoms with Crippen molar-refractivity contribution in [1.29, 1.82) is 0 Å². The fourth-order valence-electron chi connectivity index (χ4n) is 2.09. The zero-order valence-electron chi connectivity index (χ0n) is 12.5. The van der Waals surface area contributed by atoms with Gasteiger partial charge in [-0.05, 0) is 17.7 Å². The molecule has 0 aliphatic carbocycles. The third kappa shape index (κ3) is 4.00. The zero-order chi connectivity index (χ0) is 16.2. The Kier molecular flexibility index (Phi) is 5.45. The van der Waals surface area contributed by atoms with Crippen LogP contribution in [0.5, 0.6) is 5.75 Å². The SMILES string of the molecule is COc1ccccc1CN(C)S(=O)(=O)Cc1ccccc1Cl. The van der Waals surface area contributed by atoms with Crippen molar-refractivity contribution in [1.82, 2.24) is 4.31 Å². The topological polar surface area (TPSA) is 46.6 Å². The van der Waals surface area contributed by atoms with Crippen LogP contribution in [-0.4, -0.2) is 26.9 Å². The molecule has 0 N–H and O–H groups in total. The molecule has 0 aliphatic rings. The van der Waals surface area contributed by atoms with Crippen LogP contribution < -0.4 is 4.74 Å². The van der Waals surface area contributed by atoms with Gasteiger partial charge in [0.25, 0.3) is 0 Å². The van der Waals surface area contributed by atoms with E-state index >= 15 is 0 Å². The van der Waals surface area contributed by atoms with Gasteiger partial charge in [0.05, 0.1) is 12.9 Å². The molecule has 0 aromatic heterocycles. The van der Waals surface area contributed by atoms with Gasteiger partial charge in [0.1, 0.15) is 5.75 Å². The van der Waals surface area contributed by atoms with Gasteiger partial charge in [0.2, 0.25) is 10.0 Å². The van der Waals surface area contributed by atoms with Gasteiger partial charge in [0, 0.05) is 24.2 Å². The minimum absolute atomic E-state index is 0.127. The monoisotopic (exact) mass is 339 g/mol. The Morgan fingerprint density at radius 3 is 2.27 bits per heavy atom. The molecular formula is C16H18ClNO3S. The molecule has 0 amide bonds. The number of hydrogen-bond donors (Lipinski definition) is 0. The lowest BCUT2D eigenvalue weighted by atomic mass is 10.2. The average Bonchev–Trinajstić information content (AvgIpc) is 2.50. The average molecular weight is 340 g/mol. The van der Waals surface area contributed by atoms with Crippen LogP contribution in [0.15, 0.2) is 48.5 Å². The molecule has 0 aliphatic heterocycles. The Morgan fingerprint density at radius 1 is 1.05 bits per heavy atom. The van der Waals surface area contributed by atoms with Gasteiger partial charge in [-0.2, -0.15) is 0 Å². The highest BCUT2D eigenvalue weighted by Crippen LogP contribution is 2.23. The van der Waals surface area contributed by atoms with Gasteiger partial charge >= 0.3 is 0 Å². The van der Waals surface area contributed by atoms with E-state index in [-0.39, 0.29) is 12.3 Å². The molecule has 0 saturated heterocycles. The molecule has 0 spiro atoms. The summed E-state index contributed by atoms with van der Waals surface area (Å²) >= 11 is 6.04. The van der Waals surface area contributed by atoms with Gasteiger partial charge in [-0.3, -0.25) is 0 Å². The maximum atomic E-state index is 12.5. The predicted molar refractivity (Wildman–Crippen MR) is 88.5 cm³/mol. The van der Waals surface area contributed by atoms with E-state index < -0.39 is 10.0 Å². The zero-order valence-corrected chi connectivity index (χ0v) is 14.1. The van der Waals surface area contributed by atoms with Crippen molar-refractivity contribution >= 4 is 21.6 Å². The molecule has 118 valence electrons. The largest absolute Gasteiger partial charge is 0.496 e. The fourth-order valence-corrected chi connectivity index (χ4v) is 3.58. The highest BCUT2D eigenvalue weighted by Gasteiger charge is 2.21. The van der Waals surface area contributed by atoms with Gasteiger partial charge in [-0.25, -0.2) is 12.7 Å². The summed E-state index contributed by atoms with van der Waals surface area (Å²) in [6.07, 6.45) is 0. The van der Waals surface area contributed by atoms with E-state index in [1.54, 1.807) is 38.4 Å². The molecule has 0 fully saturated rings. The van der Waals surface area contributed by atoms with Crippen molar-refractivity contribution < 1.29 is 13.2 Å². The van der Waals surface area contributed by atoms with Crippen molar-refractivity contribution in [2.45, 2.75) is 12.3 Å². The summed E-state index contributed by atoms with van der Waals surface area (Å²) in [5, 5.41) is 0.455. The highest BCUT2D eigenvalue weighted by molar-refractivity contribution is 7.88. The van der Waals surface area contributed by atoms with Crippen LogP contribution in [0.2, 0.25) is 5.02 Å². The van der Waals surface area contributed by atoms with E-state index in [4.69, 9.17) is 16.3 Å². The van der Waals surface area contributed by atoms with Crippen LogP contribution in [0.25, 0.3) is 0 Å². The van der Waals surface area contributed by atoms with Crippen LogP contribution in [0, 0.1) is 0 Å². The Labute approximate surface area is 136 Å². The Balaban J connectivity index is 2.17. The molecule has 6 heteroatoms. The van der Waals surface area contributed by atoms with Crippen LogP contribution in [0.4, 0.5) is 0 Å². The van der Waals surface area contributed by atoms with Crippen LogP contribution in [0.1, 0.15) is 11.1 Å². The second-order valence-electron chi connectivity index (χ2n) is 4.92. The smallest absolute Gasteiger partial charge is 0.218 e. The first-order valence-electron chi connectivity index (χ1n) is 6.73. The molecule has 0 atom stereocenters. The third-order valence-corrected chi connectivity index (χ3v) is 5.48. The number of nitrogens with zero attached hydrogens (tertiary/aromatic N) is 1. The minimum atomic E-state index is -3.47. The first-order valence-corrected chi connectivity index (χ1v) is 8.72. The summed E-state index contributed by atoms with van der Waals surface area (Å²) in [5.74, 6) is 0.542. The van der Waals surface area contributed by atoms with Gasteiger partial charge in [-0.1, -0.05) is 48.0 Å². The molecule has 0 saturated carbocycles. The number of benzene rings is 2. The van der Waals surface area contributed by atoms with E-state index in [2.05, 4.69) is 0 Å². The summed E-state index contributed by atoms with van der Waals surface area (Å²) in [7, 11) is -0.345. The summed E-state index contributed by atoms with van der Waals surface area (Å²) in [6.45, 7) is 0.247. The first kappa shape index (κ1) is 16.8. The molecule has 0 bridgehead atoms. The first-order chi connectivity index (χ1) is 10.4. The molecule has 2 aromatic carbocycles. The van der Waals surface area contributed by atoms with Crippen LogP contribution in [-0.2, 0) is 22.3 Å². The summed E-state index contributed by atoms with van der Waals surface area (Å²) in [4.78, 5) is 0. The fraction of sp³-hybridized carbons (Fsp3) is 0.250. The highest BCUT2D eigenvalue weighted by atomic mass is 35.5. The lowest BCUT2D eigenvalue weighted by Crippen LogP contribution is -2.28. The van der Waals surface area contributed by atoms with E-state index in [9.17, 15) is 8.42 Å². The second-order valence-corrected chi connectivity index (χ2v) is 7.40.